The molecule has 2 aromatic heterocycles. The van der Waals surface area contributed by atoms with E-state index in [1.807, 2.05) is 0 Å². The molecule has 8 rings (SSSR count). The van der Waals surface area contributed by atoms with Crippen molar-refractivity contribution in [2.75, 3.05) is 0 Å². The highest BCUT2D eigenvalue weighted by Crippen LogP contribution is 2.55. The van der Waals surface area contributed by atoms with Gasteiger partial charge in [0, 0.05) is 0 Å². The molecule has 4 unspecified atom stereocenters. The van der Waals surface area contributed by atoms with Crippen LogP contribution in [0.3, 0.4) is 0 Å². The van der Waals surface area contributed by atoms with Gasteiger partial charge in [-0.1, -0.05) is 12.1 Å². The van der Waals surface area contributed by atoms with Crippen LogP contribution in [0.5, 0.6) is 0 Å². The maximum Gasteiger partial charge on any atom is 0.259 e. The fourth-order valence-corrected chi connectivity index (χ4v) is 12.9. The van der Waals surface area contributed by atoms with Gasteiger partial charge in [0.2, 0.25) is 0 Å². The summed E-state index contributed by atoms with van der Waals surface area (Å²) < 4.78 is 35.3. The first-order valence-corrected chi connectivity index (χ1v) is 22.9. The standard InChI is InChI=1S/C38H44N6O6S4/c1-37(2,47)35-41-17-32(51-35)53(39,49)43-30(45)15-27-23-9-8-20(23)13-26-24(27)10-11-25(26)28-14-21-12-19-6-5-7-22(19)29(34(21)28)16-31(46)44-54(40,50)33-18-42-36(52-33)38(3,4)48/h12-13,17-18,25,28,47-48H,5-11,14-16H2,1-4H3,(H2,39,43,45,49)(H2,40,44,46,50). The lowest BCUT2D eigenvalue weighted by Gasteiger charge is -2.39. The highest BCUT2D eigenvalue weighted by Gasteiger charge is 2.42. The summed E-state index contributed by atoms with van der Waals surface area (Å²) in [6, 6.07) is 4.61. The van der Waals surface area contributed by atoms with Crippen LogP contribution in [0.15, 0.2) is 41.7 Å². The molecule has 0 bridgehead atoms. The lowest BCUT2D eigenvalue weighted by atomic mass is 9.65. The van der Waals surface area contributed by atoms with E-state index in [2.05, 4.69) is 30.8 Å². The summed E-state index contributed by atoms with van der Waals surface area (Å²) in [6.07, 6.45) is 9.88. The molecule has 2 heterocycles. The number of aliphatic hydroxyl groups is 2. The Kier molecular flexibility index (Phi) is 9.20. The molecule has 2 amide bonds. The molecule has 4 atom stereocenters. The zero-order valence-corrected chi connectivity index (χ0v) is 33.9. The molecule has 4 aromatic rings. The van der Waals surface area contributed by atoms with E-state index < -0.39 is 42.8 Å². The van der Waals surface area contributed by atoms with Gasteiger partial charge in [0.1, 0.15) is 29.6 Å². The number of fused-ring (bicyclic) bond motifs is 4. The third-order valence-electron chi connectivity index (χ3n) is 11.2. The number of hydrogen-bond donors (Lipinski definition) is 4. The molecule has 0 spiro atoms. The van der Waals surface area contributed by atoms with Crippen LogP contribution in [0, 0.1) is 0 Å². The monoisotopic (exact) mass is 808 g/mol. The number of hydrogen-bond acceptors (Lipinski definition) is 10. The summed E-state index contributed by atoms with van der Waals surface area (Å²) in [6.45, 7) is 6.29. The second-order valence-electron chi connectivity index (χ2n) is 16.0. The van der Waals surface area contributed by atoms with Gasteiger partial charge in [-0.15, -0.1) is 31.4 Å². The molecule has 4 aliphatic rings. The van der Waals surface area contributed by atoms with E-state index in [9.17, 15) is 28.2 Å². The van der Waals surface area contributed by atoms with Crippen molar-refractivity contribution in [2.24, 2.45) is 19.0 Å². The Morgan fingerprint density at radius 3 is 1.85 bits per heavy atom. The number of benzene rings is 2. The second-order valence-corrected chi connectivity index (χ2v) is 22.1. The predicted octanol–water partition coefficient (Wildman–Crippen LogP) is 4.95. The molecular formula is C38H44N6O6S4. The van der Waals surface area contributed by atoms with Crippen molar-refractivity contribution in [1.82, 2.24) is 9.97 Å². The van der Waals surface area contributed by atoms with Gasteiger partial charge < -0.3 is 10.2 Å². The van der Waals surface area contributed by atoms with Gasteiger partial charge in [0.05, 0.1) is 25.2 Å². The van der Waals surface area contributed by atoms with Crippen molar-refractivity contribution in [3.05, 3.63) is 90.2 Å². The molecule has 6 N–H and O–H groups in total. The van der Waals surface area contributed by atoms with Crippen LogP contribution in [0.25, 0.3) is 0 Å². The molecule has 12 nitrogen and oxygen atoms in total. The molecule has 54 heavy (non-hydrogen) atoms. The minimum absolute atomic E-state index is 0.00773. The first-order chi connectivity index (χ1) is 25.3. The van der Waals surface area contributed by atoms with Crippen LogP contribution in [0.4, 0.5) is 0 Å². The quantitative estimate of drug-likeness (QED) is 0.181. The third-order valence-corrected chi connectivity index (χ3v) is 17.7. The first kappa shape index (κ1) is 37.7. The molecule has 2 aromatic carbocycles. The summed E-state index contributed by atoms with van der Waals surface area (Å²) in [7, 11) is -7.11. The smallest absolute Gasteiger partial charge is 0.259 e. The molecule has 16 heteroatoms. The van der Waals surface area contributed by atoms with Crippen molar-refractivity contribution in [1.29, 1.82) is 0 Å². The first-order valence-electron chi connectivity index (χ1n) is 18.2. The number of amides is 2. The number of carbonyl (C=O) groups excluding carboxylic acids is 2. The third kappa shape index (κ3) is 6.71. The van der Waals surface area contributed by atoms with Crippen molar-refractivity contribution in [3.8, 4) is 0 Å². The van der Waals surface area contributed by atoms with E-state index in [1.54, 1.807) is 27.7 Å². The molecule has 0 aliphatic heterocycles. The van der Waals surface area contributed by atoms with Crippen molar-refractivity contribution in [2.45, 2.75) is 123 Å². The lowest BCUT2D eigenvalue weighted by Crippen LogP contribution is -2.27. The van der Waals surface area contributed by atoms with Crippen LogP contribution >= 0.6 is 22.7 Å². The van der Waals surface area contributed by atoms with Crippen molar-refractivity contribution >= 4 is 54.3 Å². The summed E-state index contributed by atoms with van der Waals surface area (Å²) in [4.78, 5) is 35.4. The van der Waals surface area contributed by atoms with Crippen LogP contribution in [-0.4, -0.2) is 40.4 Å². The van der Waals surface area contributed by atoms with Gasteiger partial charge in [-0.05, 0) is 147 Å². The fourth-order valence-electron chi connectivity index (χ4n) is 8.66. The molecule has 0 radical (unpaired) electrons. The number of nitrogens with two attached hydrogens (primary N) is 2. The lowest BCUT2D eigenvalue weighted by molar-refractivity contribution is -0.117. The van der Waals surface area contributed by atoms with E-state index >= 15 is 0 Å². The van der Waals surface area contributed by atoms with Gasteiger partial charge in [-0.3, -0.25) is 9.59 Å². The van der Waals surface area contributed by atoms with Crippen LogP contribution in [-0.2, 0) is 92.0 Å². The summed E-state index contributed by atoms with van der Waals surface area (Å²) in [5.74, 6) is -0.718. The number of carbonyl (C=O) groups is 2. The van der Waals surface area contributed by atoms with E-state index in [0.717, 1.165) is 90.7 Å². The van der Waals surface area contributed by atoms with Crippen molar-refractivity contribution < 1.29 is 28.2 Å². The maximum atomic E-state index is 13.6. The summed E-state index contributed by atoms with van der Waals surface area (Å²) in [5, 5.41) is 33.6. The van der Waals surface area contributed by atoms with Crippen molar-refractivity contribution in [3.63, 3.8) is 0 Å². The Morgan fingerprint density at radius 2 is 1.31 bits per heavy atom. The summed E-state index contributed by atoms with van der Waals surface area (Å²) >= 11 is 1.98. The molecule has 4 aliphatic carbocycles. The number of rotatable bonds is 9. The van der Waals surface area contributed by atoms with Crippen LogP contribution < -0.4 is 10.3 Å². The average molecular weight is 809 g/mol. The van der Waals surface area contributed by atoms with E-state index in [1.165, 1.54) is 51.3 Å². The zero-order valence-electron chi connectivity index (χ0n) is 30.6. The topological polar surface area (TPSA) is 211 Å². The molecule has 0 saturated heterocycles. The number of aromatic nitrogens is 2. The fraction of sp³-hybridized carbons (Fsp3) is 0.474. The summed E-state index contributed by atoms with van der Waals surface area (Å²) in [5.41, 5.74) is 9.17. The minimum Gasteiger partial charge on any atom is -0.383 e. The SMILES string of the molecule is CC(C)(O)c1ncc(S(N)(=O)=NC(=O)Cc2c3c(cc4c2CCC4C2Cc4cc5c(c(CC(=O)N=S(N)(=O)c6cnc(C(C)(C)O)s6)c42)CCC5)CC3)s1. The van der Waals surface area contributed by atoms with Gasteiger partial charge in [-0.25, -0.2) is 28.7 Å². The normalized spacial score (nSPS) is 20.7. The predicted molar refractivity (Wildman–Crippen MR) is 208 cm³/mol. The number of aryl methyl sites for hydroxylation is 2. The zero-order chi connectivity index (χ0) is 38.5. The Labute approximate surface area is 323 Å². The average Bonchev–Trinajstić information content (AvgIpc) is 3.84. The number of thiazole rings is 2. The van der Waals surface area contributed by atoms with Gasteiger partial charge in [-0.2, -0.15) is 0 Å². The van der Waals surface area contributed by atoms with E-state index in [4.69, 9.17) is 10.3 Å². The van der Waals surface area contributed by atoms with Gasteiger partial charge in [0.15, 0.2) is 19.8 Å². The second kappa shape index (κ2) is 13.2. The highest BCUT2D eigenvalue weighted by molar-refractivity contribution is 7.94. The molecular weight excluding hydrogens is 765 g/mol. The van der Waals surface area contributed by atoms with Gasteiger partial charge >= 0.3 is 0 Å². The highest BCUT2D eigenvalue weighted by atomic mass is 32.2. The molecule has 0 fully saturated rings. The Hall–Kier alpha value is -3.22. The largest absolute Gasteiger partial charge is 0.383 e. The molecule has 286 valence electrons. The van der Waals surface area contributed by atoms with Gasteiger partial charge in [0.25, 0.3) is 11.8 Å². The van der Waals surface area contributed by atoms with E-state index in [0.29, 0.717) is 10.0 Å². The van der Waals surface area contributed by atoms with Crippen LogP contribution in [0.1, 0.15) is 118 Å². The number of nitrogens with zero attached hydrogens (tertiary/aromatic N) is 4. The minimum atomic E-state index is -3.56. The Morgan fingerprint density at radius 1 is 0.759 bits per heavy atom. The molecule has 0 saturated carbocycles. The van der Waals surface area contributed by atoms with Crippen LogP contribution in [0.2, 0.25) is 0 Å². The Balaban J connectivity index is 1.09. The van der Waals surface area contributed by atoms with E-state index in [-0.39, 0.29) is 33.1 Å². The maximum absolute atomic E-state index is 13.6. The Bertz CT molecular complexity index is 2520.